The number of aliphatic imine (C=N–C) groups is 1. The summed E-state index contributed by atoms with van der Waals surface area (Å²) in [5.74, 6) is 3.24. The first-order valence-corrected chi connectivity index (χ1v) is 10.3. The van der Waals surface area contributed by atoms with E-state index < -0.39 is 0 Å². The van der Waals surface area contributed by atoms with Crippen LogP contribution in [-0.4, -0.2) is 40.4 Å². The summed E-state index contributed by atoms with van der Waals surface area (Å²) in [7, 11) is 0. The van der Waals surface area contributed by atoms with Crippen LogP contribution in [0.4, 0.5) is 0 Å². The Balaban J connectivity index is 1.44. The molecule has 28 heavy (non-hydrogen) atoms. The van der Waals surface area contributed by atoms with E-state index in [4.69, 9.17) is 9.73 Å². The zero-order valence-electron chi connectivity index (χ0n) is 17.0. The molecule has 3 rings (SSSR count). The summed E-state index contributed by atoms with van der Waals surface area (Å²) in [4.78, 5) is 4.69. The van der Waals surface area contributed by atoms with Crippen molar-refractivity contribution in [2.75, 3.05) is 19.7 Å². The summed E-state index contributed by atoms with van der Waals surface area (Å²) in [5, 5.41) is 15.3. The Labute approximate surface area is 167 Å². The molecule has 0 radical (unpaired) electrons. The number of hydrogen-bond acceptors (Lipinski definition) is 4. The second-order valence-corrected chi connectivity index (χ2v) is 7.32. The molecule has 7 heteroatoms. The molecule has 0 bridgehead atoms. The average Bonchev–Trinajstić information content (AvgIpc) is 3.14. The van der Waals surface area contributed by atoms with Crippen molar-refractivity contribution in [2.45, 2.75) is 52.8 Å². The Morgan fingerprint density at radius 2 is 2.07 bits per heavy atom. The first kappa shape index (κ1) is 20.3. The van der Waals surface area contributed by atoms with E-state index in [2.05, 4.69) is 51.4 Å². The standard InChI is InChI=1S/C21H32N6O/c1-3-22-21(24-14-20-26-25-19-11-7-8-12-27(19)20)23-13-17(2)15-28-16-18-9-5-4-6-10-18/h4-6,9-10,17H,3,7-8,11-16H2,1-2H3,(H2,22,23,24). The van der Waals surface area contributed by atoms with E-state index in [0.717, 1.165) is 43.7 Å². The minimum Gasteiger partial charge on any atom is -0.376 e. The van der Waals surface area contributed by atoms with Crippen molar-refractivity contribution in [1.82, 2.24) is 25.4 Å². The van der Waals surface area contributed by atoms with Crippen molar-refractivity contribution >= 4 is 5.96 Å². The van der Waals surface area contributed by atoms with Gasteiger partial charge in [0.15, 0.2) is 11.8 Å². The van der Waals surface area contributed by atoms with Gasteiger partial charge in [0.05, 0.1) is 13.2 Å². The van der Waals surface area contributed by atoms with Crippen LogP contribution in [-0.2, 0) is 30.9 Å². The van der Waals surface area contributed by atoms with E-state index in [1.807, 2.05) is 18.2 Å². The predicted molar refractivity (Wildman–Crippen MR) is 111 cm³/mol. The summed E-state index contributed by atoms with van der Waals surface area (Å²) in [6, 6.07) is 10.3. The van der Waals surface area contributed by atoms with Crippen molar-refractivity contribution in [3.63, 3.8) is 0 Å². The molecular weight excluding hydrogens is 352 g/mol. The smallest absolute Gasteiger partial charge is 0.191 e. The minimum absolute atomic E-state index is 0.383. The highest BCUT2D eigenvalue weighted by molar-refractivity contribution is 5.79. The van der Waals surface area contributed by atoms with Gasteiger partial charge in [-0.25, -0.2) is 4.99 Å². The van der Waals surface area contributed by atoms with E-state index >= 15 is 0 Å². The maximum Gasteiger partial charge on any atom is 0.191 e. The number of hydrogen-bond donors (Lipinski definition) is 2. The Hall–Kier alpha value is -2.41. The first-order valence-electron chi connectivity index (χ1n) is 10.3. The average molecular weight is 385 g/mol. The third-order valence-corrected chi connectivity index (χ3v) is 4.79. The van der Waals surface area contributed by atoms with Crippen molar-refractivity contribution in [3.05, 3.63) is 47.5 Å². The largest absolute Gasteiger partial charge is 0.376 e. The lowest BCUT2D eigenvalue weighted by molar-refractivity contribution is 0.0931. The number of ether oxygens (including phenoxy) is 1. The minimum atomic E-state index is 0.383. The van der Waals surface area contributed by atoms with Crippen molar-refractivity contribution in [3.8, 4) is 0 Å². The summed E-state index contributed by atoms with van der Waals surface area (Å²) < 4.78 is 8.05. The van der Waals surface area contributed by atoms with Gasteiger partial charge in [-0.05, 0) is 31.2 Å². The molecule has 1 atom stereocenters. The first-order chi connectivity index (χ1) is 13.8. The number of nitrogens with one attached hydrogen (secondary N) is 2. The second kappa shape index (κ2) is 10.8. The van der Waals surface area contributed by atoms with Gasteiger partial charge in [-0.3, -0.25) is 0 Å². The van der Waals surface area contributed by atoms with Gasteiger partial charge in [0.1, 0.15) is 12.4 Å². The SMILES string of the molecule is CCNC(=NCc1nnc2n1CCCC2)NCC(C)COCc1ccccc1. The van der Waals surface area contributed by atoms with Crippen LogP contribution in [0.5, 0.6) is 0 Å². The lowest BCUT2D eigenvalue weighted by atomic mass is 10.2. The normalized spacial score (nSPS) is 15.1. The maximum absolute atomic E-state index is 5.83. The molecule has 0 aliphatic carbocycles. The van der Waals surface area contributed by atoms with Crippen molar-refractivity contribution in [2.24, 2.45) is 10.9 Å². The summed E-state index contributed by atoms with van der Waals surface area (Å²) >= 11 is 0. The van der Waals surface area contributed by atoms with Gasteiger partial charge in [0, 0.05) is 26.1 Å². The number of fused-ring (bicyclic) bond motifs is 1. The Kier molecular flexibility index (Phi) is 7.84. The van der Waals surface area contributed by atoms with Gasteiger partial charge in [0.2, 0.25) is 0 Å². The number of nitrogens with zero attached hydrogens (tertiary/aromatic N) is 4. The molecule has 152 valence electrons. The van der Waals surface area contributed by atoms with Crippen LogP contribution in [0.25, 0.3) is 0 Å². The van der Waals surface area contributed by atoms with Gasteiger partial charge in [-0.1, -0.05) is 37.3 Å². The molecule has 1 aliphatic rings. The van der Waals surface area contributed by atoms with Crippen LogP contribution in [0.3, 0.4) is 0 Å². The Morgan fingerprint density at radius 3 is 2.89 bits per heavy atom. The van der Waals surface area contributed by atoms with Crippen LogP contribution < -0.4 is 10.6 Å². The quantitative estimate of drug-likeness (QED) is 0.513. The molecule has 7 nitrogen and oxygen atoms in total. The molecule has 0 saturated heterocycles. The topological polar surface area (TPSA) is 76.4 Å². The Bertz CT molecular complexity index is 743. The highest BCUT2D eigenvalue weighted by Crippen LogP contribution is 2.14. The molecule has 2 aromatic rings. The summed E-state index contributed by atoms with van der Waals surface area (Å²) in [6.07, 6.45) is 3.42. The molecule has 0 spiro atoms. The van der Waals surface area contributed by atoms with Gasteiger partial charge in [0.25, 0.3) is 0 Å². The number of aryl methyl sites for hydroxylation is 1. The van der Waals surface area contributed by atoms with E-state index in [-0.39, 0.29) is 0 Å². The number of rotatable bonds is 9. The predicted octanol–water partition coefficient (Wildman–Crippen LogP) is 2.52. The lowest BCUT2D eigenvalue weighted by Gasteiger charge is -2.17. The maximum atomic E-state index is 5.83. The van der Waals surface area contributed by atoms with Crippen LogP contribution in [0.1, 0.15) is 43.9 Å². The van der Waals surface area contributed by atoms with Crippen LogP contribution in [0.15, 0.2) is 35.3 Å². The molecule has 1 aromatic carbocycles. The van der Waals surface area contributed by atoms with Gasteiger partial charge < -0.3 is 19.9 Å². The molecule has 1 aromatic heterocycles. The molecule has 1 unspecified atom stereocenters. The van der Waals surface area contributed by atoms with Gasteiger partial charge >= 0.3 is 0 Å². The Morgan fingerprint density at radius 1 is 1.21 bits per heavy atom. The second-order valence-electron chi connectivity index (χ2n) is 7.32. The summed E-state index contributed by atoms with van der Waals surface area (Å²) in [6.45, 7) is 8.78. The molecule has 0 amide bonds. The van der Waals surface area contributed by atoms with E-state index in [1.54, 1.807) is 0 Å². The fourth-order valence-electron chi connectivity index (χ4n) is 3.26. The van der Waals surface area contributed by atoms with Gasteiger partial charge in [-0.15, -0.1) is 10.2 Å². The van der Waals surface area contributed by atoms with E-state index in [1.165, 1.54) is 18.4 Å². The van der Waals surface area contributed by atoms with Gasteiger partial charge in [-0.2, -0.15) is 0 Å². The molecule has 2 heterocycles. The molecule has 2 N–H and O–H groups in total. The van der Waals surface area contributed by atoms with Crippen LogP contribution in [0.2, 0.25) is 0 Å². The molecule has 1 aliphatic heterocycles. The fourth-order valence-corrected chi connectivity index (χ4v) is 3.26. The van der Waals surface area contributed by atoms with Crippen LogP contribution in [0, 0.1) is 5.92 Å². The fraction of sp³-hybridized carbons (Fsp3) is 0.571. The van der Waals surface area contributed by atoms with Crippen LogP contribution >= 0.6 is 0 Å². The monoisotopic (exact) mass is 384 g/mol. The zero-order chi connectivity index (χ0) is 19.6. The number of guanidine groups is 1. The summed E-state index contributed by atoms with van der Waals surface area (Å²) in [5.41, 5.74) is 1.20. The lowest BCUT2D eigenvalue weighted by Crippen LogP contribution is -2.40. The van der Waals surface area contributed by atoms with E-state index in [0.29, 0.717) is 25.7 Å². The molecule has 0 saturated carbocycles. The molecular formula is C21H32N6O. The van der Waals surface area contributed by atoms with Crippen molar-refractivity contribution in [1.29, 1.82) is 0 Å². The number of aromatic nitrogens is 3. The number of benzene rings is 1. The highest BCUT2D eigenvalue weighted by Gasteiger charge is 2.15. The third-order valence-electron chi connectivity index (χ3n) is 4.79. The third kappa shape index (κ3) is 6.05. The van der Waals surface area contributed by atoms with Crippen molar-refractivity contribution < 1.29 is 4.74 Å². The van der Waals surface area contributed by atoms with E-state index in [9.17, 15) is 0 Å². The molecule has 0 fully saturated rings. The highest BCUT2D eigenvalue weighted by atomic mass is 16.5. The zero-order valence-corrected chi connectivity index (χ0v) is 17.0.